The summed E-state index contributed by atoms with van der Waals surface area (Å²) < 4.78 is 33.7. The molecule has 2 aromatic carbocycles. The number of carbonyl (C=O) groups is 1. The third kappa shape index (κ3) is 3.59. The van der Waals surface area contributed by atoms with Crippen molar-refractivity contribution in [1.29, 1.82) is 0 Å². The molecule has 1 aliphatic rings. The Hall–Kier alpha value is -2.38. The van der Waals surface area contributed by atoms with Crippen LogP contribution in [0.3, 0.4) is 0 Å². The monoisotopic (exact) mass is 374 g/mol. The molecule has 1 atom stereocenters. The van der Waals surface area contributed by atoms with Gasteiger partial charge in [0.15, 0.2) is 0 Å². The van der Waals surface area contributed by atoms with E-state index in [0.29, 0.717) is 5.75 Å². The van der Waals surface area contributed by atoms with Gasteiger partial charge in [0.1, 0.15) is 5.75 Å². The fraction of sp³-hybridized carbons (Fsp3) is 0.316. The molecule has 26 heavy (non-hydrogen) atoms. The third-order valence-corrected chi connectivity index (χ3v) is 6.09. The van der Waals surface area contributed by atoms with Crippen molar-refractivity contribution < 1.29 is 17.9 Å². The highest BCUT2D eigenvalue weighted by molar-refractivity contribution is 7.89. The highest BCUT2D eigenvalue weighted by Gasteiger charge is 2.26. The number of nitrogens with one attached hydrogen (secondary N) is 2. The number of fused-ring (bicyclic) bond motifs is 1. The third-order valence-electron chi connectivity index (χ3n) is 4.62. The van der Waals surface area contributed by atoms with Gasteiger partial charge in [-0.25, -0.2) is 13.1 Å². The van der Waals surface area contributed by atoms with Crippen LogP contribution in [0.2, 0.25) is 0 Å². The van der Waals surface area contributed by atoms with Crippen molar-refractivity contribution in [3.05, 3.63) is 59.2 Å². The molecule has 0 heterocycles. The summed E-state index contributed by atoms with van der Waals surface area (Å²) in [6.45, 7) is 0. The van der Waals surface area contributed by atoms with Gasteiger partial charge in [-0.3, -0.25) is 4.79 Å². The topological polar surface area (TPSA) is 84.5 Å². The Morgan fingerprint density at radius 3 is 2.69 bits per heavy atom. The number of amides is 1. The molecule has 0 aliphatic heterocycles. The van der Waals surface area contributed by atoms with E-state index >= 15 is 0 Å². The lowest BCUT2D eigenvalue weighted by Crippen LogP contribution is -2.31. The highest BCUT2D eigenvalue weighted by atomic mass is 32.2. The minimum Gasteiger partial charge on any atom is -0.496 e. The van der Waals surface area contributed by atoms with Crippen LogP contribution in [0.4, 0.5) is 0 Å². The second kappa shape index (κ2) is 7.47. The summed E-state index contributed by atoms with van der Waals surface area (Å²) in [5.41, 5.74) is 2.37. The fourth-order valence-corrected chi connectivity index (χ4v) is 4.57. The Balaban J connectivity index is 1.93. The number of carbonyl (C=O) groups excluding carboxylic acids is 1. The molecule has 0 radical (unpaired) electrons. The van der Waals surface area contributed by atoms with E-state index in [2.05, 4.69) is 10.0 Å². The van der Waals surface area contributed by atoms with Crippen molar-refractivity contribution in [2.45, 2.75) is 30.2 Å². The van der Waals surface area contributed by atoms with Crippen LogP contribution in [0.25, 0.3) is 0 Å². The molecule has 1 aliphatic carbocycles. The second-order valence-corrected chi connectivity index (χ2v) is 7.92. The molecule has 0 spiro atoms. The van der Waals surface area contributed by atoms with E-state index in [0.717, 1.165) is 24.8 Å². The number of ether oxygens (including phenoxy) is 1. The number of aryl methyl sites for hydroxylation is 1. The van der Waals surface area contributed by atoms with E-state index in [9.17, 15) is 13.2 Å². The largest absolute Gasteiger partial charge is 0.496 e. The number of rotatable bonds is 5. The van der Waals surface area contributed by atoms with Gasteiger partial charge in [-0.15, -0.1) is 0 Å². The predicted molar refractivity (Wildman–Crippen MR) is 98.8 cm³/mol. The molecule has 0 unspecified atom stereocenters. The van der Waals surface area contributed by atoms with Crippen LogP contribution in [0, 0.1) is 0 Å². The lowest BCUT2D eigenvalue weighted by Gasteiger charge is -2.26. The molecule has 1 amide bonds. The van der Waals surface area contributed by atoms with E-state index in [1.54, 1.807) is 0 Å². The molecular weight excluding hydrogens is 352 g/mol. The Kier molecular flexibility index (Phi) is 5.29. The molecule has 0 saturated carbocycles. The predicted octanol–water partition coefficient (Wildman–Crippen LogP) is 2.41. The quantitative estimate of drug-likeness (QED) is 0.842. The number of sulfonamides is 1. The van der Waals surface area contributed by atoms with E-state index in [1.807, 2.05) is 24.3 Å². The lowest BCUT2D eigenvalue weighted by molar-refractivity contribution is 0.0960. The fourth-order valence-electron chi connectivity index (χ4n) is 3.30. The van der Waals surface area contributed by atoms with Crippen molar-refractivity contribution in [3.63, 3.8) is 0 Å². The summed E-state index contributed by atoms with van der Waals surface area (Å²) in [6, 6.07) is 11.9. The van der Waals surface area contributed by atoms with Gasteiger partial charge < -0.3 is 10.1 Å². The average Bonchev–Trinajstić information content (AvgIpc) is 2.67. The standard InChI is InChI=1S/C19H22N2O4S/c1-20-19(22)16-12-14(10-11-18(16)25-2)26(23,24)21-17-9-5-7-13-6-3-4-8-15(13)17/h3-4,6,8,10-12,17,21H,5,7,9H2,1-2H3,(H,20,22)/t17-/m1/s1. The Labute approximate surface area is 153 Å². The van der Waals surface area contributed by atoms with Crippen molar-refractivity contribution in [2.24, 2.45) is 0 Å². The first-order chi connectivity index (χ1) is 12.5. The first kappa shape index (κ1) is 18.4. The Bertz CT molecular complexity index is 925. The summed E-state index contributed by atoms with van der Waals surface area (Å²) in [5.74, 6) is -0.0757. The van der Waals surface area contributed by atoms with Gasteiger partial charge in [0.2, 0.25) is 10.0 Å². The smallest absolute Gasteiger partial charge is 0.254 e. The highest BCUT2D eigenvalue weighted by Crippen LogP contribution is 2.31. The van der Waals surface area contributed by atoms with Gasteiger partial charge in [-0.05, 0) is 48.6 Å². The van der Waals surface area contributed by atoms with Crippen LogP contribution in [0.15, 0.2) is 47.4 Å². The summed E-state index contributed by atoms with van der Waals surface area (Å²) in [4.78, 5) is 12.1. The maximum absolute atomic E-state index is 12.9. The molecule has 0 bridgehead atoms. The molecule has 3 rings (SSSR count). The summed E-state index contributed by atoms with van der Waals surface area (Å²) in [6.07, 6.45) is 2.63. The molecule has 7 heteroatoms. The van der Waals surface area contributed by atoms with Crippen LogP contribution in [0.5, 0.6) is 5.75 Å². The van der Waals surface area contributed by atoms with Gasteiger partial charge in [-0.2, -0.15) is 0 Å². The molecular formula is C19H22N2O4S. The van der Waals surface area contributed by atoms with E-state index < -0.39 is 15.9 Å². The van der Waals surface area contributed by atoms with Crippen LogP contribution in [0.1, 0.15) is 40.4 Å². The number of benzene rings is 2. The Morgan fingerprint density at radius 1 is 1.19 bits per heavy atom. The number of hydrogen-bond acceptors (Lipinski definition) is 4. The van der Waals surface area contributed by atoms with Gasteiger partial charge in [-0.1, -0.05) is 24.3 Å². The summed E-state index contributed by atoms with van der Waals surface area (Å²) >= 11 is 0. The first-order valence-electron chi connectivity index (χ1n) is 8.46. The van der Waals surface area contributed by atoms with E-state index in [-0.39, 0.29) is 16.5 Å². The molecule has 2 N–H and O–H groups in total. The number of methoxy groups -OCH3 is 1. The Morgan fingerprint density at radius 2 is 1.96 bits per heavy atom. The second-order valence-electron chi connectivity index (χ2n) is 6.21. The van der Waals surface area contributed by atoms with Crippen molar-refractivity contribution in [2.75, 3.05) is 14.2 Å². The summed E-state index contributed by atoms with van der Waals surface area (Å²) in [7, 11) is -0.853. The molecule has 0 saturated heterocycles. The van der Waals surface area contributed by atoms with Crippen LogP contribution in [-0.4, -0.2) is 28.5 Å². The zero-order valence-electron chi connectivity index (χ0n) is 14.8. The van der Waals surface area contributed by atoms with E-state index in [1.165, 1.54) is 37.9 Å². The summed E-state index contributed by atoms with van der Waals surface area (Å²) in [5, 5.41) is 2.49. The maximum atomic E-state index is 12.9. The van der Waals surface area contributed by atoms with E-state index in [4.69, 9.17) is 4.74 Å². The van der Waals surface area contributed by atoms with Crippen molar-refractivity contribution in [3.8, 4) is 5.75 Å². The first-order valence-corrected chi connectivity index (χ1v) is 9.95. The van der Waals surface area contributed by atoms with Crippen LogP contribution >= 0.6 is 0 Å². The maximum Gasteiger partial charge on any atom is 0.254 e. The number of hydrogen-bond donors (Lipinski definition) is 2. The molecule has 0 fully saturated rings. The molecule has 2 aromatic rings. The van der Waals surface area contributed by atoms with Gasteiger partial charge >= 0.3 is 0 Å². The zero-order valence-corrected chi connectivity index (χ0v) is 15.6. The normalized spacial score (nSPS) is 16.6. The SMILES string of the molecule is CNC(=O)c1cc(S(=O)(=O)N[C@@H]2CCCc3ccccc32)ccc1OC. The van der Waals surface area contributed by atoms with Crippen LogP contribution in [-0.2, 0) is 16.4 Å². The lowest BCUT2D eigenvalue weighted by atomic mass is 9.88. The average molecular weight is 374 g/mol. The molecule has 6 nitrogen and oxygen atoms in total. The van der Waals surface area contributed by atoms with Crippen LogP contribution < -0.4 is 14.8 Å². The zero-order chi connectivity index (χ0) is 18.7. The van der Waals surface area contributed by atoms with Crippen molar-refractivity contribution in [1.82, 2.24) is 10.0 Å². The molecule has 138 valence electrons. The van der Waals surface area contributed by atoms with Crippen molar-refractivity contribution >= 4 is 15.9 Å². The van der Waals surface area contributed by atoms with Gasteiger partial charge in [0.05, 0.1) is 17.6 Å². The van der Waals surface area contributed by atoms with Gasteiger partial charge in [0.25, 0.3) is 5.91 Å². The molecule has 0 aromatic heterocycles. The minimum atomic E-state index is -3.78. The minimum absolute atomic E-state index is 0.0416. The van der Waals surface area contributed by atoms with Gasteiger partial charge in [0, 0.05) is 13.1 Å².